The first kappa shape index (κ1) is 24.4. The van der Waals surface area contributed by atoms with Gasteiger partial charge in [0.15, 0.2) is 5.58 Å². The van der Waals surface area contributed by atoms with Crippen molar-refractivity contribution in [1.29, 1.82) is 0 Å². The lowest BCUT2D eigenvalue weighted by molar-refractivity contribution is 0.0900. The average molecular weight is 484 g/mol. The molecule has 1 amide bonds. The monoisotopic (exact) mass is 483 g/mol. The van der Waals surface area contributed by atoms with Gasteiger partial charge in [-0.15, -0.1) is 0 Å². The number of fused-ring (bicyclic) bond motifs is 1. The third-order valence-electron chi connectivity index (χ3n) is 7.28. The Bertz CT molecular complexity index is 1320. The molecule has 0 bridgehead atoms. The van der Waals surface area contributed by atoms with Gasteiger partial charge in [0.25, 0.3) is 5.91 Å². The highest BCUT2D eigenvalue weighted by Gasteiger charge is 2.24. The molecule has 5 rings (SSSR count). The number of carbonyl (C=O) groups excluding carboxylic acids is 1. The van der Waals surface area contributed by atoms with Gasteiger partial charge in [0, 0.05) is 44.4 Å². The Kier molecular flexibility index (Phi) is 6.76. The van der Waals surface area contributed by atoms with E-state index in [2.05, 4.69) is 90.2 Å². The summed E-state index contributed by atoms with van der Waals surface area (Å²) in [5.41, 5.74) is 6.32. The van der Waals surface area contributed by atoms with Gasteiger partial charge in [0.2, 0.25) is 0 Å². The van der Waals surface area contributed by atoms with E-state index >= 15 is 0 Å². The maximum Gasteiger partial charge on any atom is 0.268 e. The first-order valence-corrected chi connectivity index (χ1v) is 13.0. The second-order valence-electron chi connectivity index (χ2n) is 11.2. The molecule has 2 aromatic heterocycles. The van der Waals surface area contributed by atoms with E-state index < -0.39 is 0 Å². The van der Waals surface area contributed by atoms with Crippen molar-refractivity contribution in [2.45, 2.75) is 65.1 Å². The maximum absolute atomic E-state index is 13.4. The molecule has 0 unspecified atom stereocenters. The molecule has 0 radical (unpaired) electrons. The molecule has 1 saturated heterocycles. The second-order valence-corrected chi connectivity index (χ2v) is 11.2. The van der Waals surface area contributed by atoms with Gasteiger partial charge in [0.1, 0.15) is 11.5 Å². The second kappa shape index (κ2) is 9.98. The summed E-state index contributed by atoms with van der Waals surface area (Å²) in [6.07, 6.45) is 1.92. The summed E-state index contributed by atoms with van der Waals surface area (Å²) < 4.78 is 7.99. The summed E-state index contributed by atoms with van der Waals surface area (Å²) in [5.74, 6) is 0.835. The van der Waals surface area contributed by atoms with Gasteiger partial charge < -0.3 is 14.3 Å². The Labute approximate surface area is 214 Å². The van der Waals surface area contributed by atoms with Crippen LogP contribution in [0.3, 0.4) is 0 Å². The molecule has 0 atom stereocenters. The number of carbonyl (C=O) groups is 1. The fraction of sp³-hybridized carbons (Fsp3) is 0.387. The van der Waals surface area contributed by atoms with Crippen LogP contribution in [0, 0.1) is 6.92 Å². The van der Waals surface area contributed by atoms with E-state index in [1.165, 1.54) is 16.7 Å². The SMILES string of the molecule is Cc1cc2c(cc(C(=O)NC3CCN(Cc4ccccc4)CC3)n2Cc2ccc(C(C)(C)C)cc2)o1. The van der Waals surface area contributed by atoms with E-state index in [1.54, 1.807) is 0 Å². The summed E-state index contributed by atoms with van der Waals surface area (Å²) in [6, 6.07) is 23.4. The van der Waals surface area contributed by atoms with Gasteiger partial charge in [0.05, 0.1) is 5.52 Å². The predicted molar refractivity (Wildman–Crippen MR) is 145 cm³/mol. The van der Waals surface area contributed by atoms with Crippen molar-refractivity contribution in [2.24, 2.45) is 0 Å². The van der Waals surface area contributed by atoms with Gasteiger partial charge in [-0.05, 0) is 41.9 Å². The third kappa shape index (κ3) is 5.41. The van der Waals surface area contributed by atoms with Gasteiger partial charge in [-0.2, -0.15) is 0 Å². The molecule has 1 aliphatic rings. The molecule has 0 spiro atoms. The molecule has 188 valence electrons. The minimum absolute atomic E-state index is 0.0214. The van der Waals surface area contributed by atoms with E-state index in [0.29, 0.717) is 12.2 Å². The highest BCUT2D eigenvalue weighted by Crippen LogP contribution is 2.27. The lowest BCUT2D eigenvalue weighted by Crippen LogP contribution is -2.44. The van der Waals surface area contributed by atoms with Crippen molar-refractivity contribution < 1.29 is 9.21 Å². The molecule has 2 aromatic carbocycles. The minimum Gasteiger partial charge on any atom is -0.460 e. The fourth-order valence-corrected chi connectivity index (χ4v) is 5.15. The summed E-state index contributed by atoms with van der Waals surface area (Å²) in [7, 11) is 0. The van der Waals surface area contributed by atoms with Gasteiger partial charge >= 0.3 is 0 Å². The molecule has 4 aromatic rings. The molecular formula is C31H37N3O2. The zero-order valence-electron chi connectivity index (χ0n) is 21.9. The molecule has 36 heavy (non-hydrogen) atoms. The van der Waals surface area contributed by atoms with Crippen LogP contribution in [-0.4, -0.2) is 34.5 Å². The van der Waals surface area contributed by atoms with E-state index in [4.69, 9.17) is 4.42 Å². The maximum atomic E-state index is 13.4. The molecule has 0 aliphatic carbocycles. The first-order chi connectivity index (χ1) is 17.3. The van der Waals surface area contributed by atoms with E-state index in [-0.39, 0.29) is 17.4 Å². The van der Waals surface area contributed by atoms with Crippen LogP contribution in [0.4, 0.5) is 0 Å². The van der Waals surface area contributed by atoms with E-state index in [9.17, 15) is 4.79 Å². The number of amides is 1. The number of aryl methyl sites for hydroxylation is 1. The Morgan fingerprint density at radius 3 is 2.28 bits per heavy atom. The zero-order chi connectivity index (χ0) is 25.3. The quantitative estimate of drug-likeness (QED) is 0.351. The zero-order valence-corrected chi connectivity index (χ0v) is 21.9. The van der Waals surface area contributed by atoms with Gasteiger partial charge in [-0.3, -0.25) is 9.69 Å². The Morgan fingerprint density at radius 2 is 1.61 bits per heavy atom. The smallest absolute Gasteiger partial charge is 0.268 e. The normalized spacial score (nSPS) is 15.4. The number of benzene rings is 2. The van der Waals surface area contributed by atoms with Gasteiger partial charge in [-0.25, -0.2) is 0 Å². The number of piperidine rings is 1. The van der Waals surface area contributed by atoms with Crippen LogP contribution in [0.5, 0.6) is 0 Å². The lowest BCUT2D eigenvalue weighted by Gasteiger charge is -2.32. The van der Waals surface area contributed by atoms with Crippen LogP contribution >= 0.6 is 0 Å². The summed E-state index contributed by atoms with van der Waals surface area (Å²) in [4.78, 5) is 15.9. The number of nitrogens with zero attached hydrogens (tertiary/aromatic N) is 2. The average Bonchev–Trinajstić information content (AvgIpc) is 3.37. The van der Waals surface area contributed by atoms with Crippen molar-refractivity contribution in [1.82, 2.24) is 14.8 Å². The highest BCUT2D eigenvalue weighted by molar-refractivity contribution is 5.97. The number of hydrogen-bond acceptors (Lipinski definition) is 3. The van der Waals surface area contributed by atoms with Crippen LogP contribution < -0.4 is 5.32 Å². The standard InChI is InChI=1S/C31H37N3O2/c1-22-18-27-29(36-22)19-28(34(27)21-24-10-12-25(13-11-24)31(2,3)4)30(35)32-26-14-16-33(17-15-26)20-23-8-6-5-7-9-23/h5-13,18-19,26H,14-17,20-21H2,1-4H3,(H,32,35). The predicted octanol–water partition coefficient (Wildman–Crippen LogP) is 6.28. The van der Waals surface area contributed by atoms with E-state index in [1.807, 2.05) is 19.1 Å². The number of nitrogens with one attached hydrogen (secondary N) is 1. The van der Waals surface area contributed by atoms with Crippen molar-refractivity contribution in [2.75, 3.05) is 13.1 Å². The van der Waals surface area contributed by atoms with E-state index in [0.717, 1.165) is 49.3 Å². The van der Waals surface area contributed by atoms with Crippen LogP contribution in [0.2, 0.25) is 0 Å². The van der Waals surface area contributed by atoms with Gasteiger partial charge in [-0.1, -0.05) is 75.4 Å². The Balaban J connectivity index is 1.28. The minimum atomic E-state index is -0.0214. The Morgan fingerprint density at radius 1 is 0.944 bits per heavy atom. The summed E-state index contributed by atoms with van der Waals surface area (Å²) in [5, 5.41) is 3.31. The van der Waals surface area contributed by atoms with Crippen LogP contribution in [-0.2, 0) is 18.5 Å². The number of rotatable bonds is 6. The first-order valence-electron chi connectivity index (χ1n) is 13.0. The molecule has 5 nitrogen and oxygen atoms in total. The fourth-order valence-electron chi connectivity index (χ4n) is 5.15. The summed E-state index contributed by atoms with van der Waals surface area (Å²) in [6.45, 7) is 12.2. The molecule has 1 N–H and O–H groups in total. The van der Waals surface area contributed by atoms with Crippen LogP contribution in [0.25, 0.3) is 11.1 Å². The topological polar surface area (TPSA) is 50.4 Å². The van der Waals surface area contributed by atoms with Crippen LogP contribution in [0.1, 0.15) is 66.6 Å². The lowest BCUT2D eigenvalue weighted by atomic mass is 9.87. The van der Waals surface area contributed by atoms with Crippen molar-refractivity contribution >= 4 is 17.0 Å². The molecule has 0 saturated carbocycles. The van der Waals surface area contributed by atoms with Crippen molar-refractivity contribution in [3.05, 3.63) is 94.9 Å². The molecule has 1 aliphatic heterocycles. The number of aromatic nitrogens is 1. The van der Waals surface area contributed by atoms with Crippen molar-refractivity contribution in [3.8, 4) is 0 Å². The molecule has 1 fully saturated rings. The number of furan rings is 1. The largest absolute Gasteiger partial charge is 0.460 e. The molecule has 3 heterocycles. The third-order valence-corrected chi connectivity index (χ3v) is 7.28. The molecule has 5 heteroatoms. The number of likely N-dealkylation sites (tertiary alicyclic amines) is 1. The van der Waals surface area contributed by atoms with Crippen LogP contribution in [0.15, 0.2) is 71.1 Å². The summed E-state index contributed by atoms with van der Waals surface area (Å²) >= 11 is 0. The van der Waals surface area contributed by atoms with Crippen molar-refractivity contribution in [3.63, 3.8) is 0 Å². The molecular weight excluding hydrogens is 446 g/mol. The Hall–Kier alpha value is -3.31. The highest BCUT2D eigenvalue weighted by atomic mass is 16.3. The number of hydrogen-bond donors (Lipinski definition) is 1.